The van der Waals surface area contributed by atoms with Gasteiger partial charge in [0.15, 0.2) is 11.6 Å². The highest BCUT2D eigenvalue weighted by Gasteiger charge is 2.14. The fourth-order valence-electron chi connectivity index (χ4n) is 1.89. The van der Waals surface area contributed by atoms with E-state index in [-0.39, 0.29) is 0 Å². The molecule has 0 aliphatic heterocycles. The van der Waals surface area contributed by atoms with Crippen molar-refractivity contribution in [1.82, 2.24) is 14.8 Å². The summed E-state index contributed by atoms with van der Waals surface area (Å²) in [5.41, 5.74) is 6.40. The van der Waals surface area contributed by atoms with Gasteiger partial charge in [-0.3, -0.25) is 0 Å². The third-order valence-corrected chi connectivity index (χ3v) is 2.82. The zero-order chi connectivity index (χ0) is 13.8. The van der Waals surface area contributed by atoms with Gasteiger partial charge >= 0.3 is 0 Å². The van der Waals surface area contributed by atoms with Gasteiger partial charge in [-0.2, -0.15) is 5.10 Å². The molecule has 6 heteroatoms. The van der Waals surface area contributed by atoms with E-state index in [4.69, 9.17) is 15.2 Å². The maximum Gasteiger partial charge on any atom is 0.161 e. The summed E-state index contributed by atoms with van der Waals surface area (Å²) < 4.78 is 12.3. The summed E-state index contributed by atoms with van der Waals surface area (Å²) in [4.78, 5) is 4.48. The molecule has 102 valence electrons. The van der Waals surface area contributed by atoms with Crippen molar-refractivity contribution in [2.24, 2.45) is 12.8 Å². The van der Waals surface area contributed by atoms with Crippen molar-refractivity contribution < 1.29 is 9.47 Å². The summed E-state index contributed by atoms with van der Waals surface area (Å²) in [6, 6.07) is 5.61. The van der Waals surface area contributed by atoms with Gasteiger partial charge in [-0.05, 0) is 18.7 Å². The first-order valence-corrected chi connectivity index (χ1v) is 6.02. The number of aromatic nitrogens is 3. The molecular weight excluding hydrogens is 244 g/mol. The van der Waals surface area contributed by atoms with Gasteiger partial charge in [-0.1, -0.05) is 0 Å². The van der Waals surface area contributed by atoms with Crippen LogP contribution in [0.1, 0.15) is 5.82 Å². The van der Waals surface area contributed by atoms with E-state index in [1.807, 2.05) is 25.2 Å². The highest BCUT2D eigenvalue weighted by molar-refractivity contribution is 5.66. The molecule has 1 heterocycles. The Hall–Kier alpha value is -2.08. The lowest BCUT2D eigenvalue weighted by atomic mass is 10.2. The predicted octanol–water partition coefficient (Wildman–Crippen LogP) is 1.00. The number of benzene rings is 1. The summed E-state index contributed by atoms with van der Waals surface area (Å²) in [5.74, 6) is 2.93. The van der Waals surface area contributed by atoms with Crippen LogP contribution in [-0.4, -0.2) is 35.5 Å². The van der Waals surface area contributed by atoms with Crippen LogP contribution in [0.15, 0.2) is 18.2 Å². The maximum atomic E-state index is 5.52. The SMILES string of the molecule is COc1ccc(-c2nc(CCN)nn2C)c(OC)c1. The van der Waals surface area contributed by atoms with E-state index in [2.05, 4.69) is 10.1 Å². The van der Waals surface area contributed by atoms with Gasteiger partial charge in [0.25, 0.3) is 0 Å². The molecule has 0 saturated heterocycles. The first kappa shape index (κ1) is 13.4. The van der Waals surface area contributed by atoms with Crippen molar-refractivity contribution in [2.75, 3.05) is 20.8 Å². The molecule has 0 aliphatic carbocycles. The molecule has 2 aromatic rings. The van der Waals surface area contributed by atoms with Crippen LogP contribution in [0.5, 0.6) is 11.5 Å². The van der Waals surface area contributed by atoms with Crippen molar-refractivity contribution in [3.63, 3.8) is 0 Å². The molecule has 19 heavy (non-hydrogen) atoms. The fraction of sp³-hybridized carbons (Fsp3) is 0.385. The Morgan fingerprint density at radius 3 is 2.68 bits per heavy atom. The molecular formula is C13H18N4O2. The summed E-state index contributed by atoms with van der Waals surface area (Å²) in [5, 5.41) is 4.33. The lowest BCUT2D eigenvalue weighted by Gasteiger charge is -2.09. The second-order valence-corrected chi connectivity index (χ2v) is 4.08. The standard InChI is InChI=1S/C13H18N4O2/c1-17-13(15-12(16-17)6-7-14)10-5-4-9(18-2)8-11(10)19-3/h4-5,8H,6-7,14H2,1-3H3. The lowest BCUT2D eigenvalue weighted by Crippen LogP contribution is -2.04. The van der Waals surface area contributed by atoms with E-state index in [1.165, 1.54) is 0 Å². The molecule has 0 fully saturated rings. The van der Waals surface area contributed by atoms with Gasteiger partial charge in [-0.15, -0.1) is 0 Å². The van der Waals surface area contributed by atoms with Crippen LogP contribution < -0.4 is 15.2 Å². The molecule has 2 N–H and O–H groups in total. The second-order valence-electron chi connectivity index (χ2n) is 4.08. The van der Waals surface area contributed by atoms with Gasteiger partial charge in [0.1, 0.15) is 11.5 Å². The Bertz CT molecular complexity index is 566. The minimum atomic E-state index is 0.531. The van der Waals surface area contributed by atoms with Gasteiger partial charge < -0.3 is 15.2 Å². The van der Waals surface area contributed by atoms with E-state index in [1.54, 1.807) is 18.9 Å². The molecule has 0 aliphatic rings. The fourth-order valence-corrected chi connectivity index (χ4v) is 1.89. The van der Waals surface area contributed by atoms with Crippen molar-refractivity contribution in [2.45, 2.75) is 6.42 Å². The number of methoxy groups -OCH3 is 2. The van der Waals surface area contributed by atoms with Crippen molar-refractivity contribution in [3.8, 4) is 22.9 Å². The van der Waals surface area contributed by atoms with Crippen LogP contribution in [0.3, 0.4) is 0 Å². The number of nitrogens with two attached hydrogens (primary N) is 1. The first-order chi connectivity index (χ1) is 9.19. The van der Waals surface area contributed by atoms with Gasteiger partial charge in [0.05, 0.1) is 19.8 Å². The van der Waals surface area contributed by atoms with Crippen LogP contribution >= 0.6 is 0 Å². The Balaban J connectivity index is 2.45. The quantitative estimate of drug-likeness (QED) is 0.870. The van der Waals surface area contributed by atoms with Crippen LogP contribution in [-0.2, 0) is 13.5 Å². The summed E-state index contributed by atoms with van der Waals surface area (Å²) >= 11 is 0. The normalized spacial score (nSPS) is 10.5. The minimum absolute atomic E-state index is 0.531. The zero-order valence-corrected chi connectivity index (χ0v) is 11.4. The molecule has 2 rings (SSSR count). The van der Waals surface area contributed by atoms with Crippen molar-refractivity contribution in [3.05, 3.63) is 24.0 Å². The van der Waals surface area contributed by atoms with Crippen molar-refractivity contribution >= 4 is 0 Å². The smallest absolute Gasteiger partial charge is 0.161 e. The first-order valence-electron chi connectivity index (χ1n) is 6.02. The van der Waals surface area contributed by atoms with E-state index < -0.39 is 0 Å². The molecule has 0 spiro atoms. The number of aryl methyl sites for hydroxylation is 1. The van der Waals surface area contributed by atoms with E-state index in [9.17, 15) is 0 Å². The van der Waals surface area contributed by atoms with Gasteiger partial charge in [-0.25, -0.2) is 9.67 Å². The lowest BCUT2D eigenvalue weighted by molar-refractivity contribution is 0.395. The van der Waals surface area contributed by atoms with Gasteiger partial charge in [0, 0.05) is 19.5 Å². The molecule has 6 nitrogen and oxygen atoms in total. The molecule has 0 atom stereocenters. The molecule has 0 amide bonds. The Labute approximate surface area is 112 Å². The molecule has 0 unspecified atom stereocenters. The van der Waals surface area contributed by atoms with E-state index in [0.717, 1.165) is 23.0 Å². The number of ether oxygens (including phenoxy) is 2. The molecule has 1 aromatic carbocycles. The third kappa shape index (κ3) is 2.68. The largest absolute Gasteiger partial charge is 0.497 e. The monoisotopic (exact) mass is 262 g/mol. The number of rotatable bonds is 5. The Kier molecular flexibility index (Phi) is 4.01. The predicted molar refractivity (Wildman–Crippen MR) is 72.3 cm³/mol. The van der Waals surface area contributed by atoms with Crippen LogP contribution in [0, 0.1) is 0 Å². The minimum Gasteiger partial charge on any atom is -0.497 e. The highest BCUT2D eigenvalue weighted by atomic mass is 16.5. The van der Waals surface area contributed by atoms with Crippen LogP contribution in [0.2, 0.25) is 0 Å². The number of nitrogens with zero attached hydrogens (tertiary/aromatic N) is 3. The average molecular weight is 262 g/mol. The molecule has 0 radical (unpaired) electrons. The summed E-state index contributed by atoms with van der Waals surface area (Å²) in [7, 11) is 5.09. The topological polar surface area (TPSA) is 75.2 Å². The number of hydrogen-bond donors (Lipinski definition) is 1. The second kappa shape index (κ2) is 5.71. The molecule has 1 aromatic heterocycles. The summed E-state index contributed by atoms with van der Waals surface area (Å²) in [6.07, 6.45) is 0.659. The number of hydrogen-bond acceptors (Lipinski definition) is 5. The van der Waals surface area contributed by atoms with Gasteiger partial charge in [0.2, 0.25) is 0 Å². The maximum absolute atomic E-state index is 5.52. The van der Waals surface area contributed by atoms with E-state index >= 15 is 0 Å². The third-order valence-electron chi connectivity index (χ3n) is 2.82. The van der Waals surface area contributed by atoms with Crippen molar-refractivity contribution in [1.29, 1.82) is 0 Å². The van der Waals surface area contributed by atoms with Crippen LogP contribution in [0.25, 0.3) is 11.4 Å². The summed E-state index contributed by atoms with van der Waals surface area (Å²) in [6.45, 7) is 0.531. The Morgan fingerprint density at radius 1 is 1.26 bits per heavy atom. The molecule has 0 saturated carbocycles. The zero-order valence-electron chi connectivity index (χ0n) is 11.4. The average Bonchev–Trinajstić information content (AvgIpc) is 2.79. The Morgan fingerprint density at radius 2 is 2.05 bits per heavy atom. The molecule has 0 bridgehead atoms. The highest BCUT2D eigenvalue weighted by Crippen LogP contribution is 2.31. The van der Waals surface area contributed by atoms with Crippen LogP contribution in [0.4, 0.5) is 0 Å². The van der Waals surface area contributed by atoms with E-state index in [0.29, 0.717) is 18.7 Å².